The maximum Gasteiger partial charge on any atom is 0.201 e. The Morgan fingerprint density at radius 1 is 1.16 bits per heavy atom. The zero-order valence-electron chi connectivity index (χ0n) is 19.6. The van der Waals surface area contributed by atoms with Crippen molar-refractivity contribution in [2.75, 3.05) is 38.7 Å². The van der Waals surface area contributed by atoms with Gasteiger partial charge in [-0.15, -0.1) is 0 Å². The van der Waals surface area contributed by atoms with E-state index in [4.69, 9.17) is 26.8 Å². The molecule has 0 aliphatic heterocycles. The molecule has 0 aliphatic carbocycles. The van der Waals surface area contributed by atoms with Gasteiger partial charge in [0, 0.05) is 42.3 Å². The van der Waals surface area contributed by atoms with Crippen molar-refractivity contribution < 1.29 is 27.8 Å². The monoisotopic (exact) mass is 536 g/mol. The molecule has 4 rings (SSSR count). The van der Waals surface area contributed by atoms with Crippen LogP contribution in [0, 0.1) is 17.5 Å². The van der Waals surface area contributed by atoms with Gasteiger partial charge in [0.15, 0.2) is 23.0 Å². The molecule has 0 radical (unpaired) electrons. The quantitative estimate of drug-likeness (QED) is 0.169. The van der Waals surface area contributed by atoms with Crippen molar-refractivity contribution >= 4 is 28.8 Å². The van der Waals surface area contributed by atoms with E-state index in [9.17, 15) is 18.3 Å². The summed E-state index contributed by atoms with van der Waals surface area (Å²) in [5.41, 5.74) is 5.95. The first kappa shape index (κ1) is 26.6. The fraction of sp³-hybridized carbons (Fsp3) is 0.250. The van der Waals surface area contributed by atoms with Crippen molar-refractivity contribution in [2.24, 2.45) is 5.73 Å². The average Bonchev–Trinajstić information content (AvgIpc) is 3.30. The minimum Gasteiger partial charge on any atom is -0.494 e. The van der Waals surface area contributed by atoms with Gasteiger partial charge in [-0.05, 0) is 24.3 Å². The summed E-state index contributed by atoms with van der Waals surface area (Å²) in [6.07, 6.45) is 2.95. The fourth-order valence-corrected chi connectivity index (χ4v) is 4.01. The normalized spacial score (nSPS) is 12.2. The molecule has 0 saturated carbocycles. The van der Waals surface area contributed by atoms with Crippen LogP contribution in [0.4, 0.5) is 24.7 Å². The summed E-state index contributed by atoms with van der Waals surface area (Å²) in [5, 5.41) is 15.9. The van der Waals surface area contributed by atoms with Gasteiger partial charge in [-0.3, -0.25) is 9.72 Å². The Morgan fingerprint density at radius 3 is 2.70 bits per heavy atom. The Kier molecular flexibility index (Phi) is 8.46. The second kappa shape index (κ2) is 11.8. The van der Waals surface area contributed by atoms with E-state index in [0.717, 1.165) is 6.07 Å². The van der Waals surface area contributed by atoms with Crippen LogP contribution in [0.1, 0.15) is 11.8 Å². The first-order valence-corrected chi connectivity index (χ1v) is 11.5. The zero-order valence-corrected chi connectivity index (χ0v) is 20.4. The maximum atomic E-state index is 14.9. The van der Waals surface area contributed by atoms with Crippen LogP contribution in [0.5, 0.6) is 5.75 Å². The smallest absolute Gasteiger partial charge is 0.201 e. The highest BCUT2D eigenvalue weighted by molar-refractivity contribution is 6.31. The summed E-state index contributed by atoms with van der Waals surface area (Å²) in [6, 6.07) is 5.26. The van der Waals surface area contributed by atoms with Gasteiger partial charge < -0.3 is 25.6 Å². The number of fused-ring (bicyclic) bond motifs is 1. The van der Waals surface area contributed by atoms with Crippen LogP contribution < -0.4 is 21.1 Å². The third-order valence-electron chi connectivity index (χ3n) is 5.43. The highest BCUT2D eigenvalue weighted by Crippen LogP contribution is 2.33. The molecule has 2 aromatic carbocycles. The van der Waals surface area contributed by atoms with Crippen molar-refractivity contribution in [2.45, 2.75) is 6.23 Å². The molecule has 37 heavy (non-hydrogen) atoms. The van der Waals surface area contributed by atoms with Gasteiger partial charge in [0.1, 0.15) is 12.0 Å². The lowest BCUT2D eigenvalue weighted by atomic mass is 10.1. The highest BCUT2D eigenvalue weighted by Gasteiger charge is 2.21. The predicted octanol–water partition coefficient (Wildman–Crippen LogP) is 3.78. The van der Waals surface area contributed by atoms with Gasteiger partial charge >= 0.3 is 0 Å². The Labute approximate surface area is 215 Å². The molecule has 1 atom stereocenters. The topological polar surface area (TPSA) is 119 Å². The number of nitrogens with one attached hydrogen (secondary N) is 2. The lowest BCUT2D eigenvalue weighted by Gasteiger charge is -2.17. The van der Waals surface area contributed by atoms with Gasteiger partial charge in [-0.1, -0.05) is 11.6 Å². The largest absolute Gasteiger partial charge is 0.494 e. The second-order valence-corrected chi connectivity index (χ2v) is 8.20. The van der Waals surface area contributed by atoms with E-state index >= 15 is 0 Å². The molecule has 0 fully saturated rings. The Hall–Kier alpha value is -3.42. The lowest BCUT2D eigenvalue weighted by molar-refractivity contribution is 0.100. The van der Waals surface area contributed by atoms with Gasteiger partial charge in [0.25, 0.3) is 0 Å². The van der Waals surface area contributed by atoms with E-state index in [0.29, 0.717) is 13.2 Å². The van der Waals surface area contributed by atoms with Crippen LogP contribution in [0.25, 0.3) is 16.9 Å². The molecule has 2 heterocycles. The zero-order chi connectivity index (χ0) is 26.5. The number of ether oxygens (including phenoxy) is 2. The summed E-state index contributed by atoms with van der Waals surface area (Å²) in [5.74, 6) is -2.98. The molecule has 0 spiro atoms. The summed E-state index contributed by atoms with van der Waals surface area (Å²) < 4.78 is 55.4. The number of aromatic nitrogens is 3. The third kappa shape index (κ3) is 5.63. The van der Waals surface area contributed by atoms with Gasteiger partial charge in [-0.2, -0.15) is 4.39 Å². The van der Waals surface area contributed by atoms with Crippen LogP contribution in [0.3, 0.4) is 0 Å². The molecule has 196 valence electrons. The number of hydrogen-bond donors (Lipinski definition) is 4. The van der Waals surface area contributed by atoms with Crippen molar-refractivity contribution in [1.82, 2.24) is 19.7 Å². The Bertz CT molecular complexity index is 1380. The van der Waals surface area contributed by atoms with Crippen molar-refractivity contribution in [3.8, 4) is 17.0 Å². The fourth-order valence-electron chi connectivity index (χ4n) is 3.70. The number of methoxy groups -OCH3 is 1. The molecule has 1 unspecified atom stereocenters. The van der Waals surface area contributed by atoms with E-state index in [1.54, 1.807) is 0 Å². The minimum absolute atomic E-state index is 0.0304. The molecular weight excluding hydrogens is 513 g/mol. The number of aliphatic hydroxyl groups excluding tert-OH is 1. The van der Waals surface area contributed by atoms with Gasteiger partial charge in [0.05, 0.1) is 37.2 Å². The number of benzene rings is 2. The van der Waals surface area contributed by atoms with Gasteiger partial charge in [-0.25, -0.2) is 18.7 Å². The average molecular weight is 537 g/mol. The van der Waals surface area contributed by atoms with Crippen LogP contribution >= 0.6 is 11.6 Å². The predicted molar refractivity (Wildman–Crippen MR) is 132 cm³/mol. The van der Waals surface area contributed by atoms with Crippen LogP contribution in [0.15, 0.2) is 42.9 Å². The number of imidazole rings is 1. The maximum absolute atomic E-state index is 14.9. The first-order chi connectivity index (χ1) is 17.8. The van der Waals surface area contributed by atoms with E-state index in [2.05, 4.69) is 20.6 Å². The number of rotatable bonds is 11. The molecule has 5 N–H and O–H groups in total. The van der Waals surface area contributed by atoms with Gasteiger partial charge in [0.2, 0.25) is 5.82 Å². The molecule has 9 nitrogen and oxygen atoms in total. The van der Waals surface area contributed by atoms with Crippen molar-refractivity contribution in [3.63, 3.8) is 0 Å². The number of hydrogen-bond acceptors (Lipinski definition) is 8. The summed E-state index contributed by atoms with van der Waals surface area (Å²) >= 11 is 6.26. The molecule has 4 aromatic rings. The number of nitrogens with zero attached hydrogens (tertiary/aromatic N) is 3. The van der Waals surface area contributed by atoms with E-state index in [-0.39, 0.29) is 57.9 Å². The van der Waals surface area contributed by atoms with Crippen molar-refractivity contribution in [1.29, 1.82) is 0 Å². The van der Waals surface area contributed by atoms with Crippen LogP contribution in [-0.2, 0) is 4.74 Å². The summed E-state index contributed by atoms with van der Waals surface area (Å²) in [4.78, 5) is 8.50. The van der Waals surface area contributed by atoms with Crippen LogP contribution in [0.2, 0.25) is 5.02 Å². The molecule has 0 bridgehead atoms. The second-order valence-electron chi connectivity index (χ2n) is 7.79. The first-order valence-electron chi connectivity index (χ1n) is 11.1. The van der Waals surface area contributed by atoms with E-state index < -0.39 is 23.7 Å². The molecule has 0 saturated heterocycles. The summed E-state index contributed by atoms with van der Waals surface area (Å²) in [7, 11) is 1.24. The number of aliphatic hydroxyl groups is 1. The molecule has 0 amide bonds. The summed E-state index contributed by atoms with van der Waals surface area (Å²) in [6.45, 7) is 1.28. The third-order valence-corrected chi connectivity index (χ3v) is 5.74. The standard InChI is InChI=1S/C24H24ClF3N6O3/c1-36-18-3-2-14(20(27)21(18)28)17-12-32-23-22(30-5-7-34(17)23)33-13-10-15(25)19(16(26)11-13)24(35)31-6-9-37-8-4-29/h2-3,5,7,10-12,24,31,35H,4,6,8-9,29H2,1H3,(H,30,33). The van der Waals surface area contributed by atoms with E-state index in [1.165, 1.54) is 48.3 Å². The van der Waals surface area contributed by atoms with Crippen LogP contribution in [-0.4, -0.2) is 52.9 Å². The molecular formula is C24H24ClF3N6O3. The molecule has 0 aliphatic rings. The molecule has 2 aromatic heterocycles. The Morgan fingerprint density at radius 2 is 1.97 bits per heavy atom. The SMILES string of the molecule is COc1ccc(-c2cnc3c(Nc4cc(F)c(C(O)NCCOCCN)c(Cl)c4)nccn23)c(F)c1F. The number of anilines is 2. The van der Waals surface area contributed by atoms with Crippen molar-refractivity contribution in [3.05, 3.63) is 70.9 Å². The highest BCUT2D eigenvalue weighted by atomic mass is 35.5. The minimum atomic E-state index is -1.36. The van der Waals surface area contributed by atoms with E-state index in [1.807, 2.05) is 0 Å². The lowest BCUT2D eigenvalue weighted by Crippen LogP contribution is -2.26. The Balaban J connectivity index is 1.58. The molecule has 13 heteroatoms. The number of halogens is 4. The number of nitrogens with two attached hydrogens (primary N) is 1.